The SMILES string of the molecule is O=C(c1ccco1)N1CCc2ncnc(N3CCCC3)c2CC1. The molecule has 23 heavy (non-hydrogen) atoms. The van der Waals surface area contributed by atoms with Crippen LogP contribution >= 0.6 is 0 Å². The maximum atomic E-state index is 12.5. The molecular weight excluding hydrogens is 292 g/mol. The second kappa shape index (κ2) is 6.02. The zero-order valence-corrected chi connectivity index (χ0v) is 13.1. The molecule has 6 nitrogen and oxygen atoms in total. The smallest absolute Gasteiger partial charge is 0.289 e. The second-order valence-electron chi connectivity index (χ2n) is 6.09. The van der Waals surface area contributed by atoms with Crippen molar-refractivity contribution in [3.8, 4) is 0 Å². The van der Waals surface area contributed by atoms with Gasteiger partial charge in [0.25, 0.3) is 5.91 Å². The molecule has 4 heterocycles. The predicted octanol–water partition coefficient (Wildman–Crippen LogP) is 1.91. The van der Waals surface area contributed by atoms with Gasteiger partial charge in [0.15, 0.2) is 5.76 Å². The fourth-order valence-electron chi connectivity index (χ4n) is 3.47. The van der Waals surface area contributed by atoms with Crippen molar-refractivity contribution in [1.29, 1.82) is 0 Å². The molecule has 2 aliphatic rings. The Hall–Kier alpha value is -2.37. The van der Waals surface area contributed by atoms with Crippen molar-refractivity contribution >= 4 is 11.7 Å². The first-order valence-electron chi connectivity index (χ1n) is 8.23. The summed E-state index contributed by atoms with van der Waals surface area (Å²) in [5.41, 5.74) is 2.29. The molecule has 2 aliphatic heterocycles. The highest BCUT2D eigenvalue weighted by Crippen LogP contribution is 2.26. The number of amides is 1. The molecule has 0 aromatic carbocycles. The van der Waals surface area contributed by atoms with E-state index in [1.807, 2.05) is 4.90 Å². The summed E-state index contributed by atoms with van der Waals surface area (Å²) in [5, 5.41) is 0. The number of furan rings is 1. The standard InChI is InChI=1S/C17H20N4O2/c22-17(15-4-3-11-23-15)21-9-5-13-14(6-10-21)18-12-19-16(13)20-7-1-2-8-20/h3-4,11-12H,1-2,5-10H2. The minimum atomic E-state index is -0.0431. The lowest BCUT2D eigenvalue weighted by Gasteiger charge is -2.21. The molecule has 1 fully saturated rings. The Morgan fingerprint density at radius 3 is 2.70 bits per heavy atom. The van der Waals surface area contributed by atoms with Gasteiger partial charge in [-0.2, -0.15) is 0 Å². The first-order chi connectivity index (χ1) is 11.3. The molecule has 0 unspecified atom stereocenters. The third kappa shape index (κ3) is 2.69. The van der Waals surface area contributed by atoms with E-state index in [9.17, 15) is 4.79 Å². The average Bonchev–Trinajstić information content (AvgIpc) is 3.24. The molecule has 0 atom stereocenters. The monoisotopic (exact) mass is 312 g/mol. The van der Waals surface area contributed by atoms with Gasteiger partial charge in [-0.1, -0.05) is 0 Å². The van der Waals surface area contributed by atoms with Crippen molar-refractivity contribution in [2.75, 3.05) is 31.1 Å². The number of fused-ring (bicyclic) bond motifs is 1. The molecular formula is C17H20N4O2. The van der Waals surface area contributed by atoms with E-state index in [2.05, 4.69) is 14.9 Å². The van der Waals surface area contributed by atoms with Gasteiger partial charge in [-0.25, -0.2) is 9.97 Å². The fourth-order valence-corrected chi connectivity index (χ4v) is 3.47. The topological polar surface area (TPSA) is 62.5 Å². The van der Waals surface area contributed by atoms with Gasteiger partial charge >= 0.3 is 0 Å². The maximum absolute atomic E-state index is 12.5. The molecule has 0 saturated carbocycles. The van der Waals surface area contributed by atoms with Gasteiger partial charge in [0.1, 0.15) is 12.1 Å². The molecule has 0 bridgehead atoms. The van der Waals surface area contributed by atoms with Crippen molar-refractivity contribution < 1.29 is 9.21 Å². The summed E-state index contributed by atoms with van der Waals surface area (Å²) in [6.45, 7) is 3.49. The van der Waals surface area contributed by atoms with Gasteiger partial charge in [0.2, 0.25) is 0 Å². The molecule has 120 valence electrons. The molecule has 2 aromatic rings. The first-order valence-corrected chi connectivity index (χ1v) is 8.23. The number of rotatable bonds is 2. The largest absolute Gasteiger partial charge is 0.459 e. The van der Waals surface area contributed by atoms with Crippen molar-refractivity contribution in [2.45, 2.75) is 25.7 Å². The van der Waals surface area contributed by atoms with E-state index in [1.54, 1.807) is 18.5 Å². The normalized spacial score (nSPS) is 17.9. The highest BCUT2D eigenvalue weighted by molar-refractivity contribution is 5.91. The number of nitrogens with zero attached hydrogens (tertiary/aromatic N) is 4. The Kier molecular flexibility index (Phi) is 3.73. The van der Waals surface area contributed by atoms with E-state index in [4.69, 9.17) is 4.42 Å². The van der Waals surface area contributed by atoms with Crippen LogP contribution in [0.25, 0.3) is 0 Å². The van der Waals surface area contributed by atoms with Gasteiger partial charge in [-0.15, -0.1) is 0 Å². The lowest BCUT2D eigenvalue weighted by molar-refractivity contribution is 0.0731. The van der Waals surface area contributed by atoms with Crippen LogP contribution in [-0.2, 0) is 12.8 Å². The Morgan fingerprint density at radius 2 is 1.91 bits per heavy atom. The zero-order valence-electron chi connectivity index (χ0n) is 13.1. The van der Waals surface area contributed by atoms with E-state index >= 15 is 0 Å². The van der Waals surface area contributed by atoms with Gasteiger partial charge in [0.05, 0.1) is 12.0 Å². The number of carbonyl (C=O) groups excluding carboxylic acids is 1. The van der Waals surface area contributed by atoms with Crippen molar-refractivity contribution in [3.05, 3.63) is 41.7 Å². The molecule has 0 spiro atoms. The summed E-state index contributed by atoms with van der Waals surface area (Å²) in [5.74, 6) is 1.43. The van der Waals surface area contributed by atoms with Gasteiger partial charge < -0.3 is 14.2 Å². The van der Waals surface area contributed by atoms with Crippen LogP contribution in [0.3, 0.4) is 0 Å². The zero-order chi connectivity index (χ0) is 15.6. The number of hydrogen-bond acceptors (Lipinski definition) is 5. The Balaban J connectivity index is 1.56. The number of aromatic nitrogens is 2. The van der Waals surface area contributed by atoms with E-state index in [0.29, 0.717) is 18.8 Å². The van der Waals surface area contributed by atoms with E-state index in [0.717, 1.165) is 37.4 Å². The lowest BCUT2D eigenvalue weighted by atomic mass is 10.1. The van der Waals surface area contributed by atoms with Crippen LogP contribution in [0, 0.1) is 0 Å². The third-order valence-corrected chi connectivity index (χ3v) is 4.69. The molecule has 4 rings (SSSR count). The number of carbonyl (C=O) groups is 1. The summed E-state index contributed by atoms with van der Waals surface area (Å²) in [7, 11) is 0. The van der Waals surface area contributed by atoms with Crippen molar-refractivity contribution in [3.63, 3.8) is 0 Å². The average molecular weight is 312 g/mol. The van der Waals surface area contributed by atoms with Crippen LogP contribution in [-0.4, -0.2) is 47.0 Å². The molecule has 1 amide bonds. The van der Waals surface area contributed by atoms with Crippen LogP contribution < -0.4 is 4.90 Å². The van der Waals surface area contributed by atoms with Crippen LogP contribution in [0.15, 0.2) is 29.1 Å². The Morgan fingerprint density at radius 1 is 1.09 bits per heavy atom. The highest BCUT2D eigenvalue weighted by atomic mass is 16.3. The van der Waals surface area contributed by atoms with Crippen LogP contribution in [0.4, 0.5) is 5.82 Å². The van der Waals surface area contributed by atoms with E-state index < -0.39 is 0 Å². The molecule has 0 radical (unpaired) electrons. The molecule has 1 saturated heterocycles. The minimum absolute atomic E-state index is 0.0431. The minimum Gasteiger partial charge on any atom is -0.459 e. The van der Waals surface area contributed by atoms with Crippen LogP contribution in [0.1, 0.15) is 34.7 Å². The molecule has 0 N–H and O–H groups in total. The first kappa shape index (κ1) is 14.2. The van der Waals surface area contributed by atoms with Gasteiger partial charge in [0, 0.05) is 38.2 Å². The summed E-state index contributed by atoms with van der Waals surface area (Å²) in [6.07, 6.45) is 7.22. The van der Waals surface area contributed by atoms with Crippen molar-refractivity contribution in [2.24, 2.45) is 0 Å². The lowest BCUT2D eigenvalue weighted by Crippen LogP contribution is -2.33. The number of hydrogen-bond donors (Lipinski definition) is 0. The molecule has 6 heteroatoms. The second-order valence-corrected chi connectivity index (χ2v) is 6.09. The Bertz CT molecular complexity index is 693. The van der Waals surface area contributed by atoms with E-state index in [-0.39, 0.29) is 5.91 Å². The van der Waals surface area contributed by atoms with Gasteiger partial charge in [-0.05, 0) is 31.4 Å². The molecule has 2 aromatic heterocycles. The quantitative estimate of drug-likeness (QED) is 0.847. The summed E-state index contributed by atoms with van der Waals surface area (Å²) in [6, 6.07) is 3.46. The fraction of sp³-hybridized carbons (Fsp3) is 0.471. The van der Waals surface area contributed by atoms with E-state index in [1.165, 1.54) is 24.7 Å². The summed E-state index contributed by atoms with van der Waals surface area (Å²) < 4.78 is 5.24. The van der Waals surface area contributed by atoms with Crippen molar-refractivity contribution in [1.82, 2.24) is 14.9 Å². The van der Waals surface area contributed by atoms with Crippen LogP contribution in [0.5, 0.6) is 0 Å². The molecule has 0 aliphatic carbocycles. The van der Waals surface area contributed by atoms with Gasteiger partial charge in [-0.3, -0.25) is 4.79 Å². The third-order valence-electron chi connectivity index (χ3n) is 4.69. The number of anilines is 1. The van der Waals surface area contributed by atoms with Crippen LogP contribution in [0.2, 0.25) is 0 Å². The Labute approximate surface area is 135 Å². The predicted molar refractivity (Wildman–Crippen MR) is 85.5 cm³/mol. The summed E-state index contributed by atoms with van der Waals surface area (Å²) in [4.78, 5) is 25.7. The summed E-state index contributed by atoms with van der Waals surface area (Å²) >= 11 is 0. The highest BCUT2D eigenvalue weighted by Gasteiger charge is 2.26. The maximum Gasteiger partial charge on any atom is 0.289 e.